The summed E-state index contributed by atoms with van der Waals surface area (Å²) in [4.78, 5) is 22.2. The minimum Gasteiger partial charge on any atom is -0.347 e. The number of nitro benzene ring substituents is 1. The minimum atomic E-state index is -0.716. The lowest BCUT2D eigenvalue weighted by atomic mass is 10.1. The number of amides is 1. The number of rotatable bonds is 5. The molecule has 0 fully saturated rings. The number of nitrogens with one attached hydrogen (secondary N) is 1. The van der Waals surface area contributed by atoms with Crippen molar-refractivity contribution < 1.29 is 14.1 Å². The Morgan fingerprint density at radius 1 is 1.57 bits per heavy atom. The largest absolute Gasteiger partial charge is 0.347 e. The van der Waals surface area contributed by atoms with Crippen LogP contribution in [0.2, 0.25) is 0 Å². The summed E-state index contributed by atoms with van der Waals surface area (Å²) in [5.74, 6) is -1.40. The van der Waals surface area contributed by atoms with Crippen molar-refractivity contribution in [2.45, 2.75) is 19.5 Å². The molecule has 8 heteroatoms. The molecule has 1 heterocycles. The summed E-state index contributed by atoms with van der Waals surface area (Å²) in [7, 11) is 0. The van der Waals surface area contributed by atoms with Crippen molar-refractivity contribution in [3.8, 4) is 0 Å². The van der Waals surface area contributed by atoms with E-state index in [2.05, 4.69) is 10.4 Å². The van der Waals surface area contributed by atoms with Crippen molar-refractivity contribution in [2.24, 2.45) is 0 Å². The van der Waals surface area contributed by atoms with Gasteiger partial charge in [-0.05, 0) is 25.1 Å². The number of carbonyl (C=O) groups excluding carboxylic acids is 1. The van der Waals surface area contributed by atoms with Crippen molar-refractivity contribution in [2.75, 3.05) is 0 Å². The zero-order chi connectivity index (χ0) is 15.4. The fourth-order valence-corrected chi connectivity index (χ4v) is 1.89. The Kier molecular flexibility index (Phi) is 4.27. The van der Waals surface area contributed by atoms with Gasteiger partial charge >= 0.3 is 0 Å². The molecule has 1 amide bonds. The van der Waals surface area contributed by atoms with Gasteiger partial charge in [0.2, 0.25) is 0 Å². The lowest BCUT2D eigenvalue weighted by Gasteiger charge is -2.14. The molecule has 110 valence electrons. The first kappa shape index (κ1) is 14.6. The molecule has 1 atom stereocenters. The van der Waals surface area contributed by atoms with E-state index in [1.54, 1.807) is 30.1 Å². The molecule has 1 aromatic carbocycles. The molecule has 0 aliphatic heterocycles. The van der Waals surface area contributed by atoms with Gasteiger partial charge in [-0.25, -0.2) is 4.39 Å². The zero-order valence-corrected chi connectivity index (χ0v) is 11.2. The first-order valence-electron chi connectivity index (χ1n) is 6.19. The molecule has 21 heavy (non-hydrogen) atoms. The second kappa shape index (κ2) is 6.12. The van der Waals surface area contributed by atoms with Gasteiger partial charge in [0.1, 0.15) is 11.4 Å². The Morgan fingerprint density at radius 2 is 2.33 bits per heavy atom. The number of carbonyl (C=O) groups is 1. The van der Waals surface area contributed by atoms with Gasteiger partial charge in [0.25, 0.3) is 11.6 Å². The molecular formula is C13H13FN4O3. The van der Waals surface area contributed by atoms with Gasteiger partial charge in [-0.2, -0.15) is 5.10 Å². The average Bonchev–Trinajstić information content (AvgIpc) is 2.90. The molecule has 7 nitrogen and oxygen atoms in total. The number of hydrogen-bond donors (Lipinski definition) is 1. The van der Waals surface area contributed by atoms with Gasteiger partial charge < -0.3 is 5.32 Å². The molecule has 1 N–H and O–H groups in total. The molecular weight excluding hydrogens is 279 g/mol. The fourth-order valence-electron chi connectivity index (χ4n) is 1.89. The van der Waals surface area contributed by atoms with Gasteiger partial charge in [0.15, 0.2) is 0 Å². The second-order valence-corrected chi connectivity index (χ2v) is 4.52. The van der Waals surface area contributed by atoms with Crippen molar-refractivity contribution in [3.63, 3.8) is 0 Å². The lowest BCUT2D eigenvalue weighted by Crippen LogP contribution is -2.36. The van der Waals surface area contributed by atoms with E-state index in [1.807, 2.05) is 0 Å². The van der Waals surface area contributed by atoms with E-state index in [9.17, 15) is 19.3 Å². The molecule has 0 radical (unpaired) electrons. The predicted octanol–water partition coefficient (Wildman–Crippen LogP) is 1.75. The number of nitrogens with zero attached hydrogens (tertiary/aromatic N) is 3. The van der Waals surface area contributed by atoms with Gasteiger partial charge in [0, 0.05) is 24.5 Å². The van der Waals surface area contributed by atoms with Crippen LogP contribution < -0.4 is 5.32 Å². The Balaban J connectivity index is 2.12. The van der Waals surface area contributed by atoms with Crippen molar-refractivity contribution in [3.05, 3.63) is 58.2 Å². The zero-order valence-electron chi connectivity index (χ0n) is 11.2. The topological polar surface area (TPSA) is 90.1 Å². The molecule has 0 spiro atoms. The highest BCUT2D eigenvalue weighted by Gasteiger charge is 2.22. The Labute approximate surface area is 119 Å². The molecule has 2 aromatic rings. The molecule has 1 unspecified atom stereocenters. The van der Waals surface area contributed by atoms with Crippen LogP contribution in [0.25, 0.3) is 0 Å². The highest BCUT2D eigenvalue weighted by molar-refractivity contribution is 5.98. The number of nitro groups is 1. The molecule has 0 saturated carbocycles. The maximum absolute atomic E-state index is 13.2. The van der Waals surface area contributed by atoms with E-state index in [1.165, 1.54) is 0 Å². The predicted molar refractivity (Wildman–Crippen MR) is 72.2 cm³/mol. The Hall–Kier alpha value is -2.77. The molecule has 2 rings (SSSR count). The second-order valence-electron chi connectivity index (χ2n) is 4.52. The van der Waals surface area contributed by atoms with Gasteiger partial charge in [-0.3, -0.25) is 19.6 Å². The van der Waals surface area contributed by atoms with Crippen LogP contribution >= 0.6 is 0 Å². The quantitative estimate of drug-likeness (QED) is 0.671. The summed E-state index contributed by atoms with van der Waals surface area (Å²) in [5, 5.41) is 17.4. The van der Waals surface area contributed by atoms with Crippen molar-refractivity contribution >= 4 is 11.6 Å². The van der Waals surface area contributed by atoms with E-state index < -0.39 is 22.3 Å². The van der Waals surface area contributed by atoms with Crippen LogP contribution in [0.5, 0.6) is 0 Å². The Bertz CT molecular complexity index is 657. The molecule has 1 aromatic heterocycles. The average molecular weight is 292 g/mol. The van der Waals surface area contributed by atoms with Gasteiger partial charge in [-0.1, -0.05) is 0 Å². The van der Waals surface area contributed by atoms with Crippen LogP contribution in [0.15, 0.2) is 36.7 Å². The first-order chi connectivity index (χ1) is 9.97. The van der Waals surface area contributed by atoms with E-state index in [0.717, 1.165) is 18.2 Å². The van der Waals surface area contributed by atoms with Gasteiger partial charge in [-0.15, -0.1) is 0 Å². The summed E-state index contributed by atoms with van der Waals surface area (Å²) in [6.07, 6.45) is 3.33. The van der Waals surface area contributed by atoms with Crippen LogP contribution in [0, 0.1) is 15.9 Å². The van der Waals surface area contributed by atoms with E-state index in [4.69, 9.17) is 0 Å². The summed E-state index contributed by atoms with van der Waals surface area (Å²) in [6.45, 7) is 2.13. The third-order valence-electron chi connectivity index (χ3n) is 2.80. The van der Waals surface area contributed by atoms with Gasteiger partial charge in [0.05, 0.1) is 11.5 Å². The van der Waals surface area contributed by atoms with E-state index in [-0.39, 0.29) is 11.6 Å². The summed E-state index contributed by atoms with van der Waals surface area (Å²) in [5.41, 5.74) is -0.729. The SMILES string of the molecule is CC(Cn1cccn1)NC(=O)c1cc(F)ccc1[N+](=O)[O-]. The standard InChI is InChI=1S/C13H13FN4O3/c1-9(8-17-6-2-5-15-17)16-13(19)11-7-10(14)3-4-12(11)18(20)21/h2-7,9H,8H2,1H3,(H,16,19). The van der Waals surface area contributed by atoms with E-state index >= 15 is 0 Å². The third-order valence-corrected chi connectivity index (χ3v) is 2.80. The molecule has 0 aliphatic carbocycles. The van der Waals surface area contributed by atoms with Crippen molar-refractivity contribution in [1.29, 1.82) is 0 Å². The maximum Gasteiger partial charge on any atom is 0.282 e. The minimum absolute atomic E-state index is 0.299. The molecule has 0 saturated heterocycles. The highest BCUT2D eigenvalue weighted by Crippen LogP contribution is 2.19. The van der Waals surface area contributed by atoms with Crippen LogP contribution in [-0.2, 0) is 6.54 Å². The van der Waals surface area contributed by atoms with Crippen LogP contribution in [0.4, 0.5) is 10.1 Å². The normalized spacial score (nSPS) is 11.9. The monoisotopic (exact) mass is 292 g/mol. The number of aromatic nitrogens is 2. The highest BCUT2D eigenvalue weighted by atomic mass is 19.1. The third kappa shape index (κ3) is 3.62. The van der Waals surface area contributed by atoms with E-state index in [0.29, 0.717) is 6.54 Å². The van der Waals surface area contributed by atoms with Crippen LogP contribution in [0.3, 0.4) is 0 Å². The van der Waals surface area contributed by atoms with Crippen molar-refractivity contribution in [1.82, 2.24) is 15.1 Å². The first-order valence-corrected chi connectivity index (χ1v) is 6.19. The number of benzene rings is 1. The lowest BCUT2D eigenvalue weighted by molar-refractivity contribution is -0.385. The van der Waals surface area contributed by atoms with Crippen LogP contribution in [0.1, 0.15) is 17.3 Å². The summed E-state index contributed by atoms with van der Waals surface area (Å²) < 4.78 is 14.8. The summed E-state index contributed by atoms with van der Waals surface area (Å²) in [6, 6.07) is 4.20. The summed E-state index contributed by atoms with van der Waals surface area (Å²) >= 11 is 0. The number of halogens is 1. The maximum atomic E-state index is 13.2. The number of hydrogen-bond acceptors (Lipinski definition) is 4. The van der Waals surface area contributed by atoms with Crippen LogP contribution in [-0.4, -0.2) is 26.7 Å². The smallest absolute Gasteiger partial charge is 0.282 e. The Morgan fingerprint density at radius 3 is 2.95 bits per heavy atom. The fraction of sp³-hybridized carbons (Fsp3) is 0.231. The molecule has 0 aliphatic rings. The molecule has 0 bridgehead atoms.